The molecule has 0 aromatic heterocycles. The molecule has 2 rings (SSSR count). The molecular weight excluding hydrogens is 236 g/mol. The lowest BCUT2D eigenvalue weighted by atomic mass is 9.93. The van der Waals surface area contributed by atoms with E-state index in [0.29, 0.717) is 5.92 Å². The lowest BCUT2D eigenvalue weighted by molar-refractivity contribution is 0.277. The fourth-order valence-corrected chi connectivity index (χ4v) is 1.83. The Morgan fingerprint density at radius 1 is 0.737 bits per heavy atom. The molecule has 0 radical (unpaired) electrons. The van der Waals surface area contributed by atoms with Crippen LogP contribution < -0.4 is 4.74 Å². The van der Waals surface area contributed by atoms with Crippen LogP contribution in [0.25, 0.3) is 0 Å². The van der Waals surface area contributed by atoms with Gasteiger partial charge in [-0.1, -0.05) is 49.4 Å². The average Bonchev–Trinajstić information content (AvgIpc) is 2.48. The van der Waals surface area contributed by atoms with Crippen molar-refractivity contribution in [2.24, 2.45) is 0 Å². The van der Waals surface area contributed by atoms with Crippen molar-refractivity contribution in [1.29, 1.82) is 0 Å². The van der Waals surface area contributed by atoms with Crippen LogP contribution in [0.2, 0.25) is 0 Å². The maximum absolute atomic E-state index is 5.15. The van der Waals surface area contributed by atoms with E-state index >= 15 is 0 Å². The molecule has 102 valence electrons. The molecule has 2 heteroatoms. The summed E-state index contributed by atoms with van der Waals surface area (Å²) in [5.41, 5.74) is 2.65. The van der Waals surface area contributed by atoms with Gasteiger partial charge in [-0.25, -0.2) is 0 Å². The Morgan fingerprint density at radius 3 is 1.68 bits per heavy atom. The summed E-state index contributed by atoms with van der Waals surface area (Å²) in [5.74, 6) is 1.33. The molecule has 0 N–H and O–H groups in total. The molecule has 0 aliphatic carbocycles. The van der Waals surface area contributed by atoms with E-state index in [1.807, 2.05) is 18.2 Å². The number of ether oxygens (including phenoxy) is 2. The van der Waals surface area contributed by atoms with Gasteiger partial charge in [-0.3, -0.25) is 0 Å². The highest BCUT2D eigenvalue weighted by atomic mass is 16.5. The molecule has 0 fully saturated rings. The summed E-state index contributed by atoms with van der Waals surface area (Å²) in [7, 11) is 4.94. The molecular formula is C17H22O2. The van der Waals surface area contributed by atoms with E-state index in [1.54, 1.807) is 21.3 Å². The zero-order valence-electron chi connectivity index (χ0n) is 12.1. The molecule has 0 heterocycles. The summed E-state index contributed by atoms with van der Waals surface area (Å²) in [6, 6.07) is 18.8. The number of rotatable bonds is 3. The molecule has 2 nitrogen and oxygen atoms in total. The van der Waals surface area contributed by atoms with Crippen LogP contribution in [0, 0.1) is 0 Å². The molecule has 0 bridgehead atoms. The predicted octanol–water partition coefficient (Wildman–Crippen LogP) is 4.11. The molecule has 1 unspecified atom stereocenters. The first-order valence-corrected chi connectivity index (χ1v) is 6.32. The summed E-state index contributed by atoms with van der Waals surface area (Å²) in [4.78, 5) is 0. The molecule has 0 aliphatic rings. The van der Waals surface area contributed by atoms with E-state index < -0.39 is 0 Å². The molecule has 0 amide bonds. The van der Waals surface area contributed by atoms with Crippen molar-refractivity contribution in [2.45, 2.75) is 12.8 Å². The van der Waals surface area contributed by atoms with Crippen LogP contribution in [0.4, 0.5) is 0 Å². The predicted molar refractivity (Wildman–Crippen MR) is 79.9 cm³/mol. The molecule has 1 atom stereocenters. The molecule has 0 saturated carbocycles. The summed E-state index contributed by atoms with van der Waals surface area (Å²) in [6.45, 7) is 2.22. The minimum atomic E-state index is 0.423. The highest BCUT2D eigenvalue weighted by Gasteiger charge is 2.07. The normalized spacial score (nSPS) is 11.2. The van der Waals surface area contributed by atoms with Gasteiger partial charge in [0.1, 0.15) is 5.75 Å². The van der Waals surface area contributed by atoms with Crippen molar-refractivity contribution >= 4 is 0 Å². The molecule has 0 aliphatic heterocycles. The van der Waals surface area contributed by atoms with Gasteiger partial charge >= 0.3 is 0 Å². The Hall–Kier alpha value is -1.80. The van der Waals surface area contributed by atoms with Gasteiger partial charge in [0.15, 0.2) is 0 Å². The smallest absolute Gasteiger partial charge is 0.118 e. The minimum Gasteiger partial charge on any atom is -0.497 e. The molecule has 19 heavy (non-hydrogen) atoms. The second kappa shape index (κ2) is 8.33. The van der Waals surface area contributed by atoms with Gasteiger partial charge in [-0.2, -0.15) is 0 Å². The summed E-state index contributed by atoms with van der Waals surface area (Å²) < 4.78 is 9.40. The maximum atomic E-state index is 5.15. The van der Waals surface area contributed by atoms with Crippen LogP contribution in [0.1, 0.15) is 24.0 Å². The highest BCUT2D eigenvalue weighted by Crippen LogP contribution is 2.25. The fraction of sp³-hybridized carbons (Fsp3) is 0.294. The third-order valence-corrected chi connectivity index (χ3v) is 2.92. The van der Waals surface area contributed by atoms with Gasteiger partial charge < -0.3 is 9.47 Å². The first-order chi connectivity index (χ1) is 9.22. The Bertz CT molecular complexity index is 448. The lowest BCUT2D eigenvalue weighted by Crippen LogP contribution is -1.95. The summed E-state index contributed by atoms with van der Waals surface area (Å²) >= 11 is 0. The highest BCUT2D eigenvalue weighted by molar-refractivity contribution is 5.35. The largest absolute Gasteiger partial charge is 0.497 e. The van der Waals surface area contributed by atoms with Gasteiger partial charge in [0.05, 0.1) is 7.11 Å². The first-order valence-electron chi connectivity index (χ1n) is 6.32. The van der Waals surface area contributed by atoms with Gasteiger partial charge in [0, 0.05) is 20.1 Å². The summed E-state index contributed by atoms with van der Waals surface area (Å²) in [5, 5.41) is 0. The van der Waals surface area contributed by atoms with Crippen molar-refractivity contribution in [3.05, 3.63) is 65.7 Å². The van der Waals surface area contributed by atoms with Crippen molar-refractivity contribution < 1.29 is 9.47 Å². The average molecular weight is 258 g/mol. The van der Waals surface area contributed by atoms with Crippen LogP contribution in [0.3, 0.4) is 0 Å². The van der Waals surface area contributed by atoms with Gasteiger partial charge in [-0.15, -0.1) is 0 Å². The van der Waals surface area contributed by atoms with Gasteiger partial charge in [0.25, 0.3) is 0 Å². The van der Waals surface area contributed by atoms with E-state index in [9.17, 15) is 0 Å². The fourth-order valence-electron chi connectivity index (χ4n) is 1.83. The zero-order chi connectivity index (χ0) is 14.1. The van der Waals surface area contributed by atoms with Gasteiger partial charge in [-0.05, 0) is 23.3 Å². The van der Waals surface area contributed by atoms with Crippen molar-refractivity contribution in [1.82, 2.24) is 0 Å². The number of hydrogen-bond acceptors (Lipinski definition) is 2. The van der Waals surface area contributed by atoms with Crippen LogP contribution >= 0.6 is 0 Å². The van der Waals surface area contributed by atoms with Crippen LogP contribution in [0.15, 0.2) is 54.6 Å². The topological polar surface area (TPSA) is 18.5 Å². The van der Waals surface area contributed by atoms with Gasteiger partial charge in [0.2, 0.25) is 0 Å². The number of methoxy groups -OCH3 is 2. The lowest BCUT2D eigenvalue weighted by Gasteiger charge is -2.12. The second-order valence-corrected chi connectivity index (χ2v) is 4.31. The van der Waals surface area contributed by atoms with Crippen LogP contribution in [0.5, 0.6) is 5.75 Å². The van der Waals surface area contributed by atoms with Crippen LogP contribution in [-0.4, -0.2) is 21.3 Å². The molecule has 2 aromatic rings. The molecule has 0 spiro atoms. The summed E-state index contributed by atoms with van der Waals surface area (Å²) in [6.07, 6.45) is 0. The maximum Gasteiger partial charge on any atom is 0.118 e. The molecule has 0 saturated heterocycles. The Morgan fingerprint density at radius 2 is 1.21 bits per heavy atom. The van der Waals surface area contributed by atoms with Crippen molar-refractivity contribution in [3.63, 3.8) is 0 Å². The quantitative estimate of drug-likeness (QED) is 0.825. The zero-order valence-corrected chi connectivity index (χ0v) is 12.1. The SMILES string of the molecule is COC.COc1ccc(C(C)c2ccccc2)cc1. The third-order valence-electron chi connectivity index (χ3n) is 2.92. The Kier molecular flexibility index (Phi) is 6.69. The van der Waals surface area contributed by atoms with E-state index in [2.05, 4.69) is 48.1 Å². The monoisotopic (exact) mass is 258 g/mol. The van der Waals surface area contributed by atoms with E-state index in [0.717, 1.165) is 5.75 Å². The second-order valence-electron chi connectivity index (χ2n) is 4.31. The number of hydrogen-bond donors (Lipinski definition) is 0. The Labute approximate surface area is 116 Å². The van der Waals surface area contributed by atoms with Crippen LogP contribution in [-0.2, 0) is 4.74 Å². The van der Waals surface area contributed by atoms with E-state index in [4.69, 9.17) is 4.74 Å². The van der Waals surface area contributed by atoms with E-state index in [1.165, 1.54) is 11.1 Å². The molecule has 2 aromatic carbocycles. The standard InChI is InChI=1S/C15H16O.C2H6O/c1-12(13-6-4-3-5-7-13)14-8-10-15(16-2)11-9-14;1-3-2/h3-12H,1-2H3;1-2H3. The third kappa shape index (κ3) is 4.76. The minimum absolute atomic E-state index is 0.423. The van der Waals surface area contributed by atoms with E-state index in [-0.39, 0.29) is 0 Å². The van der Waals surface area contributed by atoms with Crippen molar-refractivity contribution in [3.8, 4) is 5.75 Å². The first kappa shape index (κ1) is 15.3. The van der Waals surface area contributed by atoms with Crippen molar-refractivity contribution in [2.75, 3.05) is 21.3 Å². The Balaban J connectivity index is 0.000000550. The number of benzene rings is 2.